The summed E-state index contributed by atoms with van der Waals surface area (Å²) in [6.45, 7) is 3.25. The van der Waals surface area contributed by atoms with Crippen molar-refractivity contribution in [1.29, 1.82) is 0 Å². The molecular formula is C27H27N3O2. The van der Waals surface area contributed by atoms with Gasteiger partial charge in [-0.1, -0.05) is 42.0 Å². The van der Waals surface area contributed by atoms with Crippen LogP contribution in [0.25, 0.3) is 17.2 Å². The monoisotopic (exact) mass is 425 g/mol. The van der Waals surface area contributed by atoms with Gasteiger partial charge in [0, 0.05) is 43.2 Å². The molecule has 4 rings (SSSR count). The average molecular weight is 426 g/mol. The molecule has 0 unspecified atom stereocenters. The number of nitrogens with one attached hydrogen (secondary N) is 1. The molecule has 0 atom stereocenters. The fraction of sp³-hybridized carbons (Fsp3) is 0.222. The van der Waals surface area contributed by atoms with Crippen LogP contribution in [0.1, 0.15) is 24.0 Å². The molecule has 2 aromatic carbocycles. The Hall–Kier alpha value is -3.73. The Balaban J connectivity index is 1.28. The lowest BCUT2D eigenvalue weighted by atomic mass is 9.95. The molecule has 2 amide bonds. The van der Waals surface area contributed by atoms with Crippen LogP contribution in [0.5, 0.6) is 0 Å². The van der Waals surface area contributed by atoms with Gasteiger partial charge in [-0.3, -0.25) is 14.6 Å². The number of carbonyl (C=O) groups excluding carboxylic acids is 2. The lowest BCUT2D eigenvalue weighted by Gasteiger charge is -2.30. The number of anilines is 1. The third-order valence-corrected chi connectivity index (χ3v) is 5.81. The first-order valence-electron chi connectivity index (χ1n) is 10.9. The molecule has 1 fully saturated rings. The molecule has 2 heterocycles. The number of hydrogen-bond donors (Lipinski definition) is 1. The minimum Gasteiger partial charge on any atom is -0.339 e. The molecule has 32 heavy (non-hydrogen) atoms. The molecule has 5 nitrogen and oxygen atoms in total. The number of aromatic nitrogens is 1. The molecule has 1 aliphatic rings. The molecule has 162 valence electrons. The van der Waals surface area contributed by atoms with Crippen molar-refractivity contribution in [3.63, 3.8) is 0 Å². The summed E-state index contributed by atoms with van der Waals surface area (Å²) in [5.41, 5.74) is 5.25. The number of amides is 2. The zero-order valence-corrected chi connectivity index (χ0v) is 18.2. The number of pyridine rings is 1. The Labute approximate surface area is 188 Å². The molecule has 1 aromatic heterocycles. The first-order chi connectivity index (χ1) is 15.6. The molecule has 5 heteroatoms. The number of benzene rings is 2. The van der Waals surface area contributed by atoms with E-state index in [1.54, 1.807) is 29.4 Å². The van der Waals surface area contributed by atoms with Crippen molar-refractivity contribution >= 4 is 23.6 Å². The number of hydrogen-bond acceptors (Lipinski definition) is 3. The maximum atomic E-state index is 12.7. The Morgan fingerprint density at radius 2 is 1.69 bits per heavy atom. The van der Waals surface area contributed by atoms with Crippen LogP contribution in [0.2, 0.25) is 0 Å². The highest BCUT2D eigenvalue weighted by Crippen LogP contribution is 2.24. The van der Waals surface area contributed by atoms with Gasteiger partial charge < -0.3 is 10.2 Å². The largest absolute Gasteiger partial charge is 0.339 e. The van der Waals surface area contributed by atoms with E-state index in [9.17, 15) is 9.59 Å². The Bertz CT molecular complexity index is 1100. The molecular weight excluding hydrogens is 398 g/mol. The van der Waals surface area contributed by atoms with Gasteiger partial charge >= 0.3 is 0 Å². The second-order valence-electron chi connectivity index (χ2n) is 8.15. The zero-order chi connectivity index (χ0) is 22.3. The van der Waals surface area contributed by atoms with Gasteiger partial charge in [-0.2, -0.15) is 0 Å². The predicted octanol–water partition coefficient (Wildman–Crippen LogP) is 4.95. The number of nitrogens with zero attached hydrogens (tertiary/aromatic N) is 2. The maximum Gasteiger partial charge on any atom is 0.246 e. The number of rotatable bonds is 5. The molecule has 3 aromatic rings. The fourth-order valence-electron chi connectivity index (χ4n) is 3.92. The lowest BCUT2D eigenvalue weighted by Crippen LogP contribution is -2.40. The Kier molecular flexibility index (Phi) is 6.75. The molecule has 0 bridgehead atoms. The summed E-state index contributed by atoms with van der Waals surface area (Å²) in [4.78, 5) is 30.9. The van der Waals surface area contributed by atoms with Crippen molar-refractivity contribution in [2.24, 2.45) is 5.92 Å². The molecule has 1 N–H and O–H groups in total. The Morgan fingerprint density at radius 1 is 0.969 bits per heavy atom. The van der Waals surface area contributed by atoms with Crippen molar-refractivity contribution in [2.45, 2.75) is 19.8 Å². The van der Waals surface area contributed by atoms with Crippen LogP contribution in [-0.2, 0) is 9.59 Å². The van der Waals surface area contributed by atoms with Crippen molar-refractivity contribution in [3.05, 3.63) is 90.3 Å². The predicted molar refractivity (Wildman–Crippen MR) is 128 cm³/mol. The van der Waals surface area contributed by atoms with Crippen molar-refractivity contribution in [2.75, 3.05) is 18.4 Å². The third-order valence-electron chi connectivity index (χ3n) is 5.81. The van der Waals surface area contributed by atoms with Crippen LogP contribution >= 0.6 is 0 Å². The topological polar surface area (TPSA) is 62.3 Å². The molecule has 1 saturated heterocycles. The van der Waals surface area contributed by atoms with Gasteiger partial charge in [0.05, 0.1) is 0 Å². The summed E-state index contributed by atoms with van der Waals surface area (Å²) in [6, 6.07) is 20.0. The molecule has 1 aliphatic heterocycles. The summed E-state index contributed by atoms with van der Waals surface area (Å²) in [7, 11) is 0. The van der Waals surface area contributed by atoms with E-state index in [0.29, 0.717) is 25.9 Å². The van der Waals surface area contributed by atoms with Crippen LogP contribution < -0.4 is 5.32 Å². The number of piperidine rings is 1. The highest BCUT2D eigenvalue weighted by atomic mass is 16.2. The summed E-state index contributed by atoms with van der Waals surface area (Å²) in [6.07, 6.45) is 8.12. The molecule has 0 radical (unpaired) electrons. The molecule has 0 spiro atoms. The van der Waals surface area contributed by atoms with Crippen molar-refractivity contribution in [1.82, 2.24) is 9.88 Å². The van der Waals surface area contributed by atoms with Gasteiger partial charge in [-0.25, -0.2) is 0 Å². The summed E-state index contributed by atoms with van der Waals surface area (Å²) < 4.78 is 0. The van der Waals surface area contributed by atoms with E-state index in [-0.39, 0.29) is 17.7 Å². The quantitative estimate of drug-likeness (QED) is 0.589. The fourth-order valence-corrected chi connectivity index (χ4v) is 3.92. The summed E-state index contributed by atoms with van der Waals surface area (Å²) >= 11 is 0. The van der Waals surface area contributed by atoms with Gasteiger partial charge in [-0.05, 0) is 66.8 Å². The van der Waals surface area contributed by atoms with E-state index in [1.807, 2.05) is 42.5 Å². The van der Waals surface area contributed by atoms with E-state index < -0.39 is 0 Å². The first-order valence-corrected chi connectivity index (χ1v) is 10.9. The second-order valence-corrected chi connectivity index (χ2v) is 8.15. The van der Waals surface area contributed by atoms with Gasteiger partial charge in [0.15, 0.2) is 0 Å². The molecule has 0 saturated carbocycles. The van der Waals surface area contributed by atoms with Crippen molar-refractivity contribution in [3.8, 4) is 11.1 Å². The zero-order valence-electron chi connectivity index (χ0n) is 18.2. The van der Waals surface area contributed by atoms with E-state index in [4.69, 9.17) is 0 Å². The second kappa shape index (κ2) is 10.1. The van der Waals surface area contributed by atoms with Crippen LogP contribution in [0.3, 0.4) is 0 Å². The average Bonchev–Trinajstić information content (AvgIpc) is 2.84. The lowest BCUT2D eigenvalue weighted by molar-refractivity contribution is -0.130. The van der Waals surface area contributed by atoms with Gasteiger partial charge in [0.1, 0.15) is 0 Å². The highest BCUT2D eigenvalue weighted by Gasteiger charge is 2.26. The highest BCUT2D eigenvalue weighted by molar-refractivity contribution is 5.94. The van der Waals surface area contributed by atoms with Crippen molar-refractivity contribution < 1.29 is 9.59 Å². The SMILES string of the molecule is Cc1cccc(-c2ccc(NC(=O)C3CCN(C(=O)C=Cc4ccncc4)CC3)cc2)c1. The van der Waals surface area contributed by atoms with Crippen LogP contribution in [-0.4, -0.2) is 34.8 Å². The van der Waals surface area contributed by atoms with Gasteiger partial charge in [0.2, 0.25) is 11.8 Å². The number of aryl methyl sites for hydroxylation is 1. The number of carbonyl (C=O) groups is 2. The van der Waals surface area contributed by atoms with E-state index in [0.717, 1.165) is 22.4 Å². The summed E-state index contributed by atoms with van der Waals surface area (Å²) in [5.74, 6) is -0.0835. The van der Waals surface area contributed by atoms with Gasteiger partial charge in [-0.15, -0.1) is 0 Å². The molecule has 0 aliphatic carbocycles. The van der Waals surface area contributed by atoms with Crippen LogP contribution in [0, 0.1) is 12.8 Å². The third kappa shape index (κ3) is 5.49. The number of likely N-dealkylation sites (tertiary alicyclic amines) is 1. The Morgan fingerprint density at radius 3 is 2.38 bits per heavy atom. The van der Waals surface area contributed by atoms with Crippen LogP contribution in [0.15, 0.2) is 79.1 Å². The summed E-state index contributed by atoms with van der Waals surface area (Å²) in [5, 5.41) is 3.03. The van der Waals surface area contributed by atoms with E-state index in [2.05, 4.69) is 35.4 Å². The minimum absolute atomic E-state index is 0.0209. The maximum absolute atomic E-state index is 12.7. The first kappa shape index (κ1) is 21.5. The van der Waals surface area contributed by atoms with E-state index >= 15 is 0 Å². The van der Waals surface area contributed by atoms with Crippen LogP contribution in [0.4, 0.5) is 5.69 Å². The smallest absolute Gasteiger partial charge is 0.246 e. The standard InChI is InChI=1S/C27H27N3O2/c1-20-3-2-4-24(19-20)22-6-8-25(9-7-22)29-27(32)23-13-17-30(18-14-23)26(31)10-5-21-11-15-28-16-12-21/h2-12,15-16,19,23H,13-14,17-18H2,1H3,(H,29,32). The van der Waals surface area contributed by atoms with E-state index in [1.165, 1.54) is 5.56 Å². The normalized spacial score (nSPS) is 14.5. The van der Waals surface area contributed by atoms with Gasteiger partial charge in [0.25, 0.3) is 0 Å². The minimum atomic E-state index is -0.0836.